The lowest BCUT2D eigenvalue weighted by Crippen LogP contribution is -2.32. The molecular formula is C15H17ClN2O3S. The molecule has 0 amide bonds. The molecule has 0 aliphatic heterocycles. The highest BCUT2D eigenvalue weighted by Crippen LogP contribution is 2.12. The average Bonchev–Trinajstić information content (AvgIpc) is 2.53. The van der Waals surface area contributed by atoms with Gasteiger partial charge in [-0.2, -0.15) is 0 Å². The van der Waals surface area contributed by atoms with E-state index in [1.807, 2.05) is 30.3 Å². The minimum absolute atomic E-state index is 0.0494. The molecule has 5 nitrogen and oxygen atoms in total. The fourth-order valence-corrected chi connectivity index (χ4v) is 3.15. The highest BCUT2D eigenvalue weighted by Gasteiger charge is 2.17. The van der Waals surface area contributed by atoms with Crippen molar-refractivity contribution in [3.8, 4) is 0 Å². The summed E-state index contributed by atoms with van der Waals surface area (Å²) in [6.45, 7) is 0.0483. The molecule has 0 spiro atoms. The van der Waals surface area contributed by atoms with Crippen LogP contribution in [-0.4, -0.2) is 31.7 Å². The van der Waals surface area contributed by atoms with E-state index in [2.05, 4.69) is 9.71 Å². The molecule has 0 aliphatic carbocycles. The Labute approximate surface area is 135 Å². The molecule has 2 N–H and O–H groups in total. The van der Waals surface area contributed by atoms with Crippen LogP contribution in [0.4, 0.5) is 0 Å². The minimum Gasteiger partial charge on any atom is -0.396 e. The van der Waals surface area contributed by atoms with Crippen molar-refractivity contribution in [2.75, 3.05) is 13.2 Å². The lowest BCUT2D eigenvalue weighted by molar-refractivity contribution is 0.227. The molecule has 0 aliphatic rings. The van der Waals surface area contributed by atoms with Crippen molar-refractivity contribution >= 4 is 21.6 Å². The molecule has 1 atom stereocenters. The third-order valence-corrected chi connectivity index (χ3v) is 4.83. The van der Waals surface area contributed by atoms with Crippen molar-refractivity contribution in [3.05, 3.63) is 59.4 Å². The number of aliphatic hydroxyl groups is 1. The predicted molar refractivity (Wildman–Crippen MR) is 85.2 cm³/mol. The monoisotopic (exact) mass is 340 g/mol. The van der Waals surface area contributed by atoms with Crippen molar-refractivity contribution in [1.29, 1.82) is 0 Å². The third-order valence-electron chi connectivity index (χ3n) is 3.20. The fourth-order valence-electron chi connectivity index (χ4n) is 1.98. The van der Waals surface area contributed by atoms with Crippen molar-refractivity contribution in [3.63, 3.8) is 0 Å². The number of pyridine rings is 1. The van der Waals surface area contributed by atoms with E-state index < -0.39 is 10.0 Å². The Morgan fingerprint density at radius 3 is 2.50 bits per heavy atom. The van der Waals surface area contributed by atoms with Gasteiger partial charge in [0.05, 0.1) is 0 Å². The van der Waals surface area contributed by atoms with Gasteiger partial charge < -0.3 is 5.11 Å². The summed E-state index contributed by atoms with van der Waals surface area (Å²) in [5, 5.41) is 9.66. The van der Waals surface area contributed by atoms with E-state index >= 15 is 0 Å². The molecule has 0 saturated carbocycles. The number of aromatic nitrogens is 1. The number of benzene rings is 1. The Bertz CT molecular complexity index is 690. The van der Waals surface area contributed by atoms with Crippen LogP contribution in [0.3, 0.4) is 0 Å². The number of halogens is 1. The van der Waals surface area contributed by atoms with E-state index in [-0.39, 0.29) is 29.1 Å². The topological polar surface area (TPSA) is 79.3 Å². The number of aliphatic hydroxyl groups excluding tert-OH is 1. The molecule has 118 valence electrons. The zero-order valence-corrected chi connectivity index (χ0v) is 13.4. The van der Waals surface area contributed by atoms with Crippen LogP contribution in [0, 0.1) is 5.92 Å². The first-order valence-corrected chi connectivity index (χ1v) is 8.63. The summed E-state index contributed by atoms with van der Waals surface area (Å²) >= 11 is 5.64. The molecular weight excluding hydrogens is 324 g/mol. The summed E-state index contributed by atoms with van der Waals surface area (Å²) in [4.78, 5) is 3.81. The van der Waals surface area contributed by atoms with E-state index in [1.165, 1.54) is 18.3 Å². The highest BCUT2D eigenvalue weighted by molar-refractivity contribution is 7.89. The largest absolute Gasteiger partial charge is 0.396 e. The number of hydrogen-bond donors (Lipinski definition) is 2. The Hall–Kier alpha value is -1.47. The quantitative estimate of drug-likeness (QED) is 0.754. The van der Waals surface area contributed by atoms with Crippen LogP contribution in [0.5, 0.6) is 0 Å². The van der Waals surface area contributed by atoms with E-state index in [0.717, 1.165) is 5.56 Å². The average molecular weight is 341 g/mol. The summed E-state index contributed by atoms with van der Waals surface area (Å²) in [5.41, 5.74) is 1.05. The van der Waals surface area contributed by atoms with Gasteiger partial charge in [-0.15, -0.1) is 0 Å². The van der Waals surface area contributed by atoms with Gasteiger partial charge in [0.25, 0.3) is 0 Å². The number of rotatable bonds is 7. The molecule has 0 radical (unpaired) electrons. The van der Waals surface area contributed by atoms with Gasteiger partial charge in [-0.05, 0) is 30.0 Å². The maximum atomic E-state index is 12.1. The number of nitrogens with zero attached hydrogens (tertiary/aromatic N) is 1. The van der Waals surface area contributed by atoms with Gasteiger partial charge >= 0.3 is 0 Å². The molecule has 0 bridgehead atoms. The van der Waals surface area contributed by atoms with E-state index in [9.17, 15) is 13.5 Å². The molecule has 0 saturated heterocycles. The Balaban J connectivity index is 1.99. The van der Waals surface area contributed by atoms with Crippen LogP contribution in [0.15, 0.2) is 53.6 Å². The Morgan fingerprint density at radius 1 is 1.18 bits per heavy atom. The van der Waals surface area contributed by atoms with E-state index in [0.29, 0.717) is 6.42 Å². The second kappa shape index (κ2) is 7.69. The minimum atomic E-state index is -3.66. The zero-order valence-electron chi connectivity index (χ0n) is 11.8. The molecule has 2 rings (SSSR count). The molecule has 2 aromatic rings. The van der Waals surface area contributed by atoms with Gasteiger partial charge in [0.15, 0.2) is 0 Å². The summed E-state index contributed by atoms with van der Waals surface area (Å²) in [6.07, 6.45) is 1.80. The van der Waals surface area contributed by atoms with Gasteiger partial charge in [-0.1, -0.05) is 41.9 Å². The van der Waals surface area contributed by atoms with Gasteiger partial charge in [0.1, 0.15) is 10.0 Å². The summed E-state index contributed by atoms with van der Waals surface area (Å²) in [6, 6.07) is 12.4. The molecule has 7 heteroatoms. The van der Waals surface area contributed by atoms with Gasteiger partial charge in [-0.3, -0.25) is 0 Å². The number of sulfonamides is 1. The SMILES string of the molecule is O=S(=O)(NC[C@H](CO)Cc1ccccc1)c1ccc(Cl)nc1. The molecule has 0 unspecified atom stereocenters. The van der Waals surface area contributed by atoms with Crippen molar-refractivity contribution in [1.82, 2.24) is 9.71 Å². The van der Waals surface area contributed by atoms with Crippen LogP contribution >= 0.6 is 11.6 Å². The first kappa shape index (κ1) is 16.9. The first-order chi connectivity index (χ1) is 10.5. The second-order valence-corrected chi connectivity index (χ2v) is 7.06. The van der Waals surface area contributed by atoms with Crippen LogP contribution in [0.25, 0.3) is 0 Å². The highest BCUT2D eigenvalue weighted by atomic mass is 35.5. The van der Waals surface area contributed by atoms with Crippen molar-refractivity contribution in [2.24, 2.45) is 5.92 Å². The maximum Gasteiger partial charge on any atom is 0.242 e. The van der Waals surface area contributed by atoms with Gasteiger partial charge in [0.2, 0.25) is 10.0 Å². The lowest BCUT2D eigenvalue weighted by atomic mass is 10.0. The van der Waals surface area contributed by atoms with Gasteiger partial charge in [-0.25, -0.2) is 18.1 Å². The summed E-state index contributed by atoms with van der Waals surface area (Å²) in [5.74, 6) is -0.197. The number of nitrogens with one attached hydrogen (secondary N) is 1. The van der Waals surface area contributed by atoms with Crippen molar-refractivity contribution in [2.45, 2.75) is 11.3 Å². The molecule has 0 fully saturated rings. The Morgan fingerprint density at radius 2 is 1.91 bits per heavy atom. The number of hydrogen-bond acceptors (Lipinski definition) is 4. The van der Waals surface area contributed by atoms with Crippen LogP contribution < -0.4 is 4.72 Å². The smallest absolute Gasteiger partial charge is 0.242 e. The van der Waals surface area contributed by atoms with Crippen LogP contribution in [-0.2, 0) is 16.4 Å². The lowest BCUT2D eigenvalue weighted by Gasteiger charge is -2.15. The molecule has 22 heavy (non-hydrogen) atoms. The summed E-state index contributed by atoms with van der Waals surface area (Å²) in [7, 11) is -3.66. The van der Waals surface area contributed by atoms with Crippen molar-refractivity contribution < 1.29 is 13.5 Å². The van der Waals surface area contributed by atoms with Crippen LogP contribution in [0.2, 0.25) is 5.15 Å². The maximum absolute atomic E-state index is 12.1. The predicted octanol–water partition coefficient (Wildman–Crippen LogP) is 1.86. The van der Waals surface area contributed by atoms with Gasteiger partial charge in [0, 0.05) is 19.3 Å². The van der Waals surface area contributed by atoms with E-state index in [1.54, 1.807) is 0 Å². The molecule has 1 aromatic carbocycles. The normalized spacial score (nSPS) is 13.0. The first-order valence-electron chi connectivity index (χ1n) is 6.77. The summed E-state index contributed by atoms with van der Waals surface area (Å²) < 4.78 is 26.8. The van der Waals surface area contributed by atoms with Crippen LogP contribution in [0.1, 0.15) is 5.56 Å². The molecule has 1 aromatic heterocycles. The standard InChI is InChI=1S/C15H17ClN2O3S/c16-15-7-6-14(10-17-15)22(20,21)18-9-13(11-19)8-12-4-2-1-3-5-12/h1-7,10,13,18-19H,8-9,11H2/t13-/m1/s1. The fraction of sp³-hybridized carbons (Fsp3) is 0.267. The molecule has 1 heterocycles. The second-order valence-electron chi connectivity index (χ2n) is 4.91. The zero-order chi connectivity index (χ0) is 16.0. The Kier molecular flexibility index (Phi) is 5.90. The van der Waals surface area contributed by atoms with E-state index in [4.69, 9.17) is 11.6 Å². The third kappa shape index (κ3) is 4.78.